The van der Waals surface area contributed by atoms with Crippen LogP contribution >= 0.6 is 0 Å². The number of hydrazine groups is 1. The minimum atomic E-state index is 0.216. The van der Waals surface area contributed by atoms with E-state index in [1.807, 2.05) is 26.0 Å². The summed E-state index contributed by atoms with van der Waals surface area (Å²) in [5.41, 5.74) is 4.22. The van der Waals surface area contributed by atoms with Gasteiger partial charge in [-0.1, -0.05) is 37.8 Å². The van der Waals surface area contributed by atoms with Crippen LogP contribution in [-0.2, 0) is 0 Å². The first kappa shape index (κ1) is 14.4. The fourth-order valence-electron chi connectivity index (χ4n) is 2.93. The molecule has 1 fully saturated rings. The first-order valence-corrected chi connectivity index (χ1v) is 7.41. The topological polar surface area (TPSA) is 47.3 Å². The molecule has 2 rings (SSSR count). The van der Waals surface area contributed by atoms with Crippen LogP contribution in [-0.4, -0.2) is 6.10 Å². The molecule has 0 amide bonds. The third-order valence-electron chi connectivity index (χ3n) is 3.90. The number of hydrogen-bond acceptors (Lipinski definition) is 3. The summed E-state index contributed by atoms with van der Waals surface area (Å²) >= 11 is 0. The Morgan fingerprint density at radius 2 is 1.84 bits per heavy atom. The fraction of sp³-hybridized carbons (Fsp3) is 0.625. The van der Waals surface area contributed by atoms with E-state index in [-0.39, 0.29) is 12.1 Å². The van der Waals surface area contributed by atoms with Gasteiger partial charge in [0, 0.05) is 6.04 Å². The number of hydrogen-bond donors (Lipinski definition) is 2. The monoisotopic (exact) mass is 262 g/mol. The summed E-state index contributed by atoms with van der Waals surface area (Å²) in [5, 5.41) is 0. The molecule has 3 nitrogen and oxygen atoms in total. The predicted molar refractivity (Wildman–Crippen MR) is 78.8 cm³/mol. The largest absolute Gasteiger partial charge is 0.491 e. The number of ether oxygens (including phenoxy) is 1. The molecule has 0 spiro atoms. The Bertz CT molecular complexity index is 369. The Labute approximate surface area is 116 Å². The van der Waals surface area contributed by atoms with Gasteiger partial charge in [-0.3, -0.25) is 11.3 Å². The van der Waals surface area contributed by atoms with Crippen LogP contribution in [0.5, 0.6) is 5.75 Å². The molecule has 19 heavy (non-hydrogen) atoms. The van der Waals surface area contributed by atoms with Gasteiger partial charge in [-0.15, -0.1) is 0 Å². The highest BCUT2D eigenvalue weighted by atomic mass is 16.5. The third-order valence-corrected chi connectivity index (χ3v) is 3.90. The van der Waals surface area contributed by atoms with Crippen LogP contribution < -0.4 is 16.0 Å². The highest BCUT2D eigenvalue weighted by Crippen LogP contribution is 2.33. The molecular formula is C16H26N2O. The SMILES string of the molecule is CC(C)Oc1ccc(C(CC2CCCC2)NN)cc1. The van der Waals surface area contributed by atoms with Crippen LogP contribution in [0.4, 0.5) is 0 Å². The summed E-state index contributed by atoms with van der Waals surface area (Å²) in [5.74, 6) is 7.47. The highest BCUT2D eigenvalue weighted by molar-refractivity contribution is 5.29. The van der Waals surface area contributed by atoms with Gasteiger partial charge in [-0.25, -0.2) is 0 Å². The predicted octanol–water partition coefficient (Wildman–Crippen LogP) is 3.56. The fourth-order valence-corrected chi connectivity index (χ4v) is 2.93. The molecule has 1 aliphatic rings. The average Bonchev–Trinajstić information content (AvgIpc) is 2.89. The van der Waals surface area contributed by atoms with Crippen molar-refractivity contribution in [3.8, 4) is 5.75 Å². The normalized spacial score (nSPS) is 17.9. The van der Waals surface area contributed by atoms with E-state index in [1.54, 1.807) is 0 Å². The summed E-state index contributed by atoms with van der Waals surface area (Å²) < 4.78 is 5.66. The van der Waals surface area contributed by atoms with Crippen molar-refractivity contribution < 1.29 is 4.74 Å². The Morgan fingerprint density at radius 3 is 2.37 bits per heavy atom. The molecule has 1 unspecified atom stereocenters. The van der Waals surface area contributed by atoms with Gasteiger partial charge in [-0.05, 0) is 43.9 Å². The minimum Gasteiger partial charge on any atom is -0.491 e. The van der Waals surface area contributed by atoms with E-state index in [1.165, 1.54) is 31.2 Å². The van der Waals surface area contributed by atoms with E-state index in [9.17, 15) is 0 Å². The van der Waals surface area contributed by atoms with E-state index < -0.39 is 0 Å². The van der Waals surface area contributed by atoms with Crippen molar-refractivity contribution in [3.05, 3.63) is 29.8 Å². The minimum absolute atomic E-state index is 0.216. The van der Waals surface area contributed by atoms with Crippen LogP contribution in [0, 0.1) is 5.92 Å². The van der Waals surface area contributed by atoms with Gasteiger partial charge in [0.15, 0.2) is 0 Å². The first-order chi connectivity index (χ1) is 9.19. The van der Waals surface area contributed by atoms with Crippen molar-refractivity contribution in [1.82, 2.24) is 5.43 Å². The average molecular weight is 262 g/mol. The molecule has 0 bridgehead atoms. The van der Waals surface area contributed by atoms with Crippen LogP contribution in [0.15, 0.2) is 24.3 Å². The molecule has 3 N–H and O–H groups in total. The molecule has 1 aliphatic carbocycles. The van der Waals surface area contributed by atoms with E-state index in [2.05, 4.69) is 17.6 Å². The van der Waals surface area contributed by atoms with Crippen molar-refractivity contribution in [2.75, 3.05) is 0 Å². The Hall–Kier alpha value is -1.06. The number of nitrogens with one attached hydrogen (secondary N) is 1. The van der Waals surface area contributed by atoms with E-state index >= 15 is 0 Å². The Kier molecular flexibility index (Phi) is 5.23. The maximum absolute atomic E-state index is 5.72. The van der Waals surface area contributed by atoms with Crippen LogP contribution in [0.2, 0.25) is 0 Å². The lowest BCUT2D eigenvalue weighted by atomic mass is 9.94. The van der Waals surface area contributed by atoms with Gasteiger partial charge in [0.2, 0.25) is 0 Å². The standard InChI is InChI=1S/C16H26N2O/c1-12(2)19-15-9-7-14(8-10-15)16(18-17)11-13-5-3-4-6-13/h7-10,12-13,16,18H,3-6,11,17H2,1-2H3. The van der Waals surface area contributed by atoms with Crippen molar-refractivity contribution in [2.45, 2.75) is 58.1 Å². The first-order valence-electron chi connectivity index (χ1n) is 7.41. The zero-order valence-electron chi connectivity index (χ0n) is 12.1. The van der Waals surface area contributed by atoms with Gasteiger partial charge in [0.05, 0.1) is 6.10 Å². The van der Waals surface area contributed by atoms with Crippen molar-refractivity contribution in [1.29, 1.82) is 0 Å². The summed E-state index contributed by atoms with van der Waals surface area (Å²) in [6.45, 7) is 4.08. The summed E-state index contributed by atoms with van der Waals surface area (Å²) in [7, 11) is 0. The molecule has 1 atom stereocenters. The van der Waals surface area contributed by atoms with Gasteiger partial charge < -0.3 is 4.74 Å². The van der Waals surface area contributed by atoms with E-state index in [0.717, 1.165) is 18.1 Å². The summed E-state index contributed by atoms with van der Waals surface area (Å²) in [4.78, 5) is 0. The quantitative estimate of drug-likeness (QED) is 0.608. The third kappa shape index (κ3) is 4.22. The van der Waals surface area contributed by atoms with Crippen LogP contribution in [0.25, 0.3) is 0 Å². The Morgan fingerprint density at radius 1 is 1.21 bits per heavy atom. The number of nitrogens with two attached hydrogens (primary N) is 1. The van der Waals surface area contributed by atoms with Gasteiger partial charge in [0.1, 0.15) is 5.75 Å². The van der Waals surface area contributed by atoms with Gasteiger partial charge >= 0.3 is 0 Å². The van der Waals surface area contributed by atoms with Crippen LogP contribution in [0.1, 0.15) is 57.6 Å². The lowest BCUT2D eigenvalue weighted by Crippen LogP contribution is -2.29. The second-order valence-electron chi connectivity index (χ2n) is 5.84. The molecule has 0 aliphatic heterocycles. The second kappa shape index (κ2) is 6.92. The van der Waals surface area contributed by atoms with E-state index in [0.29, 0.717) is 0 Å². The van der Waals surface area contributed by atoms with Crippen molar-refractivity contribution >= 4 is 0 Å². The number of rotatable bonds is 6. The maximum Gasteiger partial charge on any atom is 0.119 e. The van der Waals surface area contributed by atoms with Crippen LogP contribution in [0.3, 0.4) is 0 Å². The molecule has 0 saturated heterocycles. The molecule has 0 heterocycles. The maximum atomic E-state index is 5.72. The molecule has 0 aromatic heterocycles. The molecule has 106 valence electrons. The molecule has 1 aromatic carbocycles. The van der Waals surface area contributed by atoms with Gasteiger partial charge in [-0.2, -0.15) is 0 Å². The van der Waals surface area contributed by atoms with E-state index in [4.69, 9.17) is 10.6 Å². The lowest BCUT2D eigenvalue weighted by Gasteiger charge is -2.20. The molecule has 1 aromatic rings. The summed E-state index contributed by atoms with van der Waals surface area (Å²) in [6.07, 6.45) is 6.82. The zero-order valence-corrected chi connectivity index (χ0v) is 12.1. The molecule has 1 saturated carbocycles. The van der Waals surface area contributed by atoms with Gasteiger partial charge in [0.25, 0.3) is 0 Å². The Balaban J connectivity index is 1.97. The second-order valence-corrected chi connectivity index (χ2v) is 5.84. The smallest absolute Gasteiger partial charge is 0.119 e. The van der Waals surface area contributed by atoms with Crippen molar-refractivity contribution in [3.63, 3.8) is 0 Å². The highest BCUT2D eigenvalue weighted by Gasteiger charge is 2.20. The molecule has 3 heteroatoms. The molecular weight excluding hydrogens is 236 g/mol. The lowest BCUT2D eigenvalue weighted by molar-refractivity contribution is 0.242. The summed E-state index contributed by atoms with van der Waals surface area (Å²) in [6, 6.07) is 8.58. The number of benzene rings is 1. The molecule has 0 radical (unpaired) electrons. The zero-order chi connectivity index (χ0) is 13.7. The van der Waals surface area contributed by atoms with Crippen molar-refractivity contribution in [2.24, 2.45) is 11.8 Å².